The summed E-state index contributed by atoms with van der Waals surface area (Å²) in [6.45, 7) is 6.82. The fourth-order valence-electron chi connectivity index (χ4n) is 1.93. The van der Waals surface area contributed by atoms with Gasteiger partial charge < -0.3 is 0 Å². The van der Waals surface area contributed by atoms with E-state index in [1.165, 1.54) is 38.5 Å². The van der Waals surface area contributed by atoms with E-state index >= 15 is 0 Å². The zero-order chi connectivity index (χ0) is 10.4. The maximum Gasteiger partial charge on any atom is 0.00799 e. The van der Waals surface area contributed by atoms with Gasteiger partial charge in [0.1, 0.15) is 0 Å². The van der Waals surface area contributed by atoms with Crippen LogP contribution in [0.15, 0.2) is 5.38 Å². The van der Waals surface area contributed by atoms with Gasteiger partial charge in [0.05, 0.1) is 0 Å². The van der Waals surface area contributed by atoms with Gasteiger partial charge in [-0.3, -0.25) is 0 Å². The van der Waals surface area contributed by atoms with Crippen LogP contribution in [0.5, 0.6) is 0 Å². The second kappa shape index (κ2) is 6.23. The second-order valence-corrected chi connectivity index (χ2v) is 4.88. The molecular formula is C13H22S. The highest BCUT2D eigenvalue weighted by molar-refractivity contribution is 7.10. The standard InChI is InChI=1S/C13H22S/c1-4-7-11-10-14-13(9-6-3)12(11)8-5-2/h10H,4-9H2,1-3H3. The predicted molar refractivity (Wildman–Crippen MR) is 66.3 cm³/mol. The molecule has 0 radical (unpaired) electrons. The van der Waals surface area contributed by atoms with Crippen LogP contribution in [0.3, 0.4) is 0 Å². The summed E-state index contributed by atoms with van der Waals surface area (Å²) in [4.78, 5) is 1.65. The molecular weight excluding hydrogens is 188 g/mol. The van der Waals surface area contributed by atoms with Crippen molar-refractivity contribution in [3.05, 3.63) is 21.4 Å². The molecule has 0 aliphatic heterocycles. The van der Waals surface area contributed by atoms with Gasteiger partial charge in [-0.05, 0) is 35.8 Å². The Labute approximate surface area is 92.4 Å². The monoisotopic (exact) mass is 210 g/mol. The SMILES string of the molecule is CCCc1csc(CCC)c1CCC. The van der Waals surface area contributed by atoms with E-state index < -0.39 is 0 Å². The number of rotatable bonds is 6. The zero-order valence-corrected chi connectivity index (χ0v) is 10.5. The average molecular weight is 210 g/mol. The van der Waals surface area contributed by atoms with Gasteiger partial charge >= 0.3 is 0 Å². The van der Waals surface area contributed by atoms with Crippen LogP contribution in [0.4, 0.5) is 0 Å². The Morgan fingerprint density at radius 3 is 2.14 bits per heavy atom. The first-order chi connectivity index (χ1) is 6.83. The van der Waals surface area contributed by atoms with Gasteiger partial charge in [-0.2, -0.15) is 0 Å². The molecule has 1 heterocycles. The van der Waals surface area contributed by atoms with Crippen LogP contribution in [0.2, 0.25) is 0 Å². The molecule has 0 spiro atoms. The molecule has 0 unspecified atom stereocenters. The lowest BCUT2D eigenvalue weighted by Gasteiger charge is -2.04. The molecule has 0 bridgehead atoms. The van der Waals surface area contributed by atoms with Crippen LogP contribution in [-0.4, -0.2) is 0 Å². The molecule has 14 heavy (non-hydrogen) atoms. The van der Waals surface area contributed by atoms with E-state index in [-0.39, 0.29) is 0 Å². The molecule has 0 aliphatic rings. The summed E-state index contributed by atoms with van der Waals surface area (Å²) in [6, 6.07) is 0. The maximum absolute atomic E-state index is 2.39. The smallest absolute Gasteiger partial charge is 0.00799 e. The van der Waals surface area contributed by atoms with Crippen molar-refractivity contribution in [2.45, 2.75) is 59.3 Å². The van der Waals surface area contributed by atoms with Crippen molar-refractivity contribution < 1.29 is 0 Å². The molecule has 0 saturated carbocycles. The van der Waals surface area contributed by atoms with Crippen LogP contribution in [-0.2, 0) is 19.3 Å². The van der Waals surface area contributed by atoms with Gasteiger partial charge in [0.25, 0.3) is 0 Å². The van der Waals surface area contributed by atoms with Gasteiger partial charge in [0, 0.05) is 4.88 Å². The van der Waals surface area contributed by atoms with Gasteiger partial charge in [-0.15, -0.1) is 11.3 Å². The summed E-state index contributed by atoms with van der Waals surface area (Å²) in [5.41, 5.74) is 3.31. The first kappa shape index (κ1) is 11.8. The van der Waals surface area contributed by atoms with Crippen molar-refractivity contribution in [2.75, 3.05) is 0 Å². The van der Waals surface area contributed by atoms with Crippen molar-refractivity contribution in [2.24, 2.45) is 0 Å². The maximum atomic E-state index is 2.39. The van der Waals surface area contributed by atoms with E-state index in [2.05, 4.69) is 26.2 Å². The molecule has 1 aromatic rings. The predicted octanol–water partition coefficient (Wildman–Crippen LogP) is 4.61. The van der Waals surface area contributed by atoms with Crippen molar-refractivity contribution in [1.29, 1.82) is 0 Å². The lowest BCUT2D eigenvalue weighted by atomic mass is 10.0. The van der Waals surface area contributed by atoms with E-state index in [9.17, 15) is 0 Å². The quantitative estimate of drug-likeness (QED) is 0.643. The summed E-state index contributed by atoms with van der Waals surface area (Å²) >= 11 is 1.98. The van der Waals surface area contributed by atoms with Crippen molar-refractivity contribution in [3.63, 3.8) is 0 Å². The van der Waals surface area contributed by atoms with E-state index in [1.54, 1.807) is 16.0 Å². The molecule has 80 valence electrons. The Balaban J connectivity index is 2.82. The Morgan fingerprint density at radius 2 is 1.57 bits per heavy atom. The van der Waals surface area contributed by atoms with Gasteiger partial charge in [-0.25, -0.2) is 0 Å². The summed E-state index contributed by atoms with van der Waals surface area (Å²) in [5.74, 6) is 0. The van der Waals surface area contributed by atoms with E-state index in [0.717, 1.165) is 0 Å². The Kier molecular flexibility index (Phi) is 5.24. The summed E-state index contributed by atoms with van der Waals surface area (Å²) in [6.07, 6.45) is 7.68. The molecule has 0 amide bonds. The molecule has 0 saturated heterocycles. The third-order valence-electron chi connectivity index (χ3n) is 2.56. The molecule has 0 fully saturated rings. The molecule has 1 aromatic heterocycles. The fraction of sp³-hybridized carbons (Fsp3) is 0.692. The van der Waals surface area contributed by atoms with E-state index in [4.69, 9.17) is 0 Å². The molecule has 0 atom stereocenters. The largest absolute Gasteiger partial charge is 0.148 e. The van der Waals surface area contributed by atoms with Crippen molar-refractivity contribution >= 4 is 11.3 Å². The zero-order valence-electron chi connectivity index (χ0n) is 9.73. The van der Waals surface area contributed by atoms with Gasteiger partial charge in [0.2, 0.25) is 0 Å². The third kappa shape index (κ3) is 2.84. The van der Waals surface area contributed by atoms with Crippen LogP contribution in [0.25, 0.3) is 0 Å². The fourth-order valence-corrected chi connectivity index (χ4v) is 3.17. The lowest BCUT2D eigenvalue weighted by Crippen LogP contribution is -1.93. The summed E-state index contributed by atoms with van der Waals surface area (Å²) in [5, 5.41) is 2.39. The first-order valence-corrected chi connectivity index (χ1v) is 6.79. The summed E-state index contributed by atoms with van der Waals surface area (Å²) in [7, 11) is 0. The van der Waals surface area contributed by atoms with Crippen LogP contribution in [0.1, 0.15) is 56.0 Å². The molecule has 0 N–H and O–H groups in total. The first-order valence-electron chi connectivity index (χ1n) is 5.91. The minimum atomic E-state index is 1.27. The lowest BCUT2D eigenvalue weighted by molar-refractivity contribution is 0.843. The van der Waals surface area contributed by atoms with Gasteiger partial charge in [0.15, 0.2) is 0 Å². The topological polar surface area (TPSA) is 0 Å². The molecule has 0 nitrogen and oxygen atoms in total. The average Bonchev–Trinajstić information content (AvgIpc) is 2.52. The molecule has 0 aliphatic carbocycles. The molecule has 1 rings (SSSR count). The van der Waals surface area contributed by atoms with E-state index in [1.807, 2.05) is 11.3 Å². The highest BCUT2D eigenvalue weighted by Gasteiger charge is 2.09. The van der Waals surface area contributed by atoms with Crippen LogP contribution < -0.4 is 0 Å². The number of hydrogen-bond acceptors (Lipinski definition) is 1. The Hall–Kier alpha value is -0.300. The van der Waals surface area contributed by atoms with Crippen molar-refractivity contribution in [1.82, 2.24) is 0 Å². The second-order valence-electron chi connectivity index (χ2n) is 3.91. The molecule has 0 aromatic carbocycles. The Bertz CT molecular complexity index is 237. The highest BCUT2D eigenvalue weighted by atomic mass is 32.1. The summed E-state index contributed by atoms with van der Waals surface area (Å²) < 4.78 is 0. The van der Waals surface area contributed by atoms with Crippen molar-refractivity contribution in [3.8, 4) is 0 Å². The Morgan fingerprint density at radius 1 is 0.929 bits per heavy atom. The van der Waals surface area contributed by atoms with Crippen LogP contribution >= 0.6 is 11.3 Å². The number of hydrogen-bond donors (Lipinski definition) is 0. The molecule has 1 heteroatoms. The van der Waals surface area contributed by atoms with Gasteiger partial charge in [-0.1, -0.05) is 40.0 Å². The number of aryl methyl sites for hydroxylation is 2. The normalized spacial score (nSPS) is 10.8. The number of thiophene rings is 1. The minimum Gasteiger partial charge on any atom is -0.148 e. The highest BCUT2D eigenvalue weighted by Crippen LogP contribution is 2.26. The van der Waals surface area contributed by atoms with Crippen LogP contribution in [0, 0.1) is 0 Å². The minimum absolute atomic E-state index is 1.27. The third-order valence-corrected chi connectivity index (χ3v) is 3.70. The van der Waals surface area contributed by atoms with E-state index in [0.29, 0.717) is 0 Å².